The lowest BCUT2D eigenvalue weighted by Gasteiger charge is -2.59. The lowest BCUT2D eigenvalue weighted by molar-refractivity contribution is -0.192. The molecular weight excluding hydrogens is 320 g/mol. The van der Waals surface area contributed by atoms with Gasteiger partial charge < -0.3 is 15.3 Å². The fourth-order valence-corrected chi connectivity index (χ4v) is 6.68. The van der Waals surface area contributed by atoms with Crippen molar-refractivity contribution >= 4 is 11.8 Å². The van der Waals surface area contributed by atoms with Crippen LogP contribution in [0, 0.1) is 28.6 Å². The van der Waals surface area contributed by atoms with E-state index in [1.165, 1.54) is 0 Å². The number of aliphatic hydroxyl groups excluding tert-OH is 1. The first kappa shape index (κ1) is 17.0. The first-order valence-corrected chi connectivity index (χ1v) is 9.21. The molecule has 0 unspecified atom stereocenters. The second kappa shape index (κ2) is 5.04. The Hall–Kier alpha value is -1.46. The molecule has 5 nitrogen and oxygen atoms in total. The van der Waals surface area contributed by atoms with E-state index in [0.717, 1.165) is 18.4 Å². The van der Waals surface area contributed by atoms with Gasteiger partial charge in [-0.15, -0.1) is 0 Å². The van der Waals surface area contributed by atoms with E-state index < -0.39 is 23.1 Å². The van der Waals surface area contributed by atoms with Gasteiger partial charge in [0.2, 0.25) is 0 Å². The quantitative estimate of drug-likeness (QED) is 0.676. The monoisotopic (exact) mass is 346 g/mol. The highest BCUT2D eigenvalue weighted by atomic mass is 16.4. The van der Waals surface area contributed by atoms with Crippen LogP contribution in [0.3, 0.4) is 0 Å². The van der Waals surface area contributed by atoms with E-state index >= 15 is 0 Å². The predicted molar refractivity (Wildman–Crippen MR) is 90.6 cm³/mol. The highest BCUT2D eigenvalue weighted by Crippen LogP contribution is 2.66. The number of rotatable bonds is 1. The molecule has 0 radical (unpaired) electrons. The summed E-state index contributed by atoms with van der Waals surface area (Å²) in [6.07, 6.45) is 7.37. The molecule has 25 heavy (non-hydrogen) atoms. The van der Waals surface area contributed by atoms with Gasteiger partial charge in [-0.3, -0.25) is 4.79 Å². The summed E-state index contributed by atoms with van der Waals surface area (Å²) in [7, 11) is 0. The number of hydrogen-bond donors (Lipinski definition) is 3. The van der Waals surface area contributed by atoms with Crippen molar-refractivity contribution in [3.8, 4) is 0 Å². The molecule has 4 aliphatic rings. The van der Waals surface area contributed by atoms with Crippen molar-refractivity contribution in [2.24, 2.45) is 28.6 Å². The summed E-state index contributed by atoms with van der Waals surface area (Å²) in [6, 6.07) is 0. The molecule has 4 rings (SSSR count). The van der Waals surface area contributed by atoms with E-state index in [0.29, 0.717) is 6.42 Å². The molecule has 0 aromatic rings. The number of carbonyl (C=O) groups is 2. The summed E-state index contributed by atoms with van der Waals surface area (Å²) in [5.74, 6) is -0.976. The van der Waals surface area contributed by atoms with Crippen LogP contribution >= 0.6 is 0 Å². The summed E-state index contributed by atoms with van der Waals surface area (Å²) in [5.41, 5.74) is -1.86. The normalized spacial score (nSPS) is 51.4. The van der Waals surface area contributed by atoms with Crippen molar-refractivity contribution in [2.75, 3.05) is 0 Å². The van der Waals surface area contributed by atoms with E-state index in [1.807, 2.05) is 13.0 Å². The molecule has 0 aliphatic heterocycles. The van der Waals surface area contributed by atoms with Crippen molar-refractivity contribution in [3.05, 3.63) is 23.8 Å². The molecule has 0 aromatic carbocycles. The van der Waals surface area contributed by atoms with Crippen molar-refractivity contribution in [1.82, 2.24) is 0 Å². The molecule has 5 heteroatoms. The van der Waals surface area contributed by atoms with Gasteiger partial charge in [-0.25, -0.2) is 4.79 Å². The molecule has 0 heterocycles. The molecule has 136 valence electrons. The summed E-state index contributed by atoms with van der Waals surface area (Å²) in [6.45, 7) is 3.93. The van der Waals surface area contributed by atoms with Gasteiger partial charge in [0.05, 0.1) is 6.10 Å². The minimum atomic E-state index is -1.76. The van der Waals surface area contributed by atoms with E-state index in [-0.39, 0.29) is 41.8 Å². The zero-order chi connectivity index (χ0) is 18.2. The first-order chi connectivity index (χ1) is 11.6. The van der Waals surface area contributed by atoms with Gasteiger partial charge >= 0.3 is 5.97 Å². The van der Waals surface area contributed by atoms with Crippen LogP contribution < -0.4 is 0 Å². The highest BCUT2D eigenvalue weighted by Gasteiger charge is 2.68. The molecule has 0 spiro atoms. The SMILES string of the molecule is C[C@]12C=CC(=O)C=C1CC[C@@H]1[C@@H]2[C@@H](O)C[C@@]2(C)[C@@H]1CC[C@]2(O)C(=O)O. The largest absolute Gasteiger partial charge is 0.479 e. The minimum Gasteiger partial charge on any atom is -0.479 e. The Labute approximate surface area is 147 Å². The number of aliphatic carboxylic acids is 1. The fraction of sp³-hybridized carbons (Fsp3) is 0.700. The number of carbonyl (C=O) groups excluding carboxylic acids is 1. The molecule has 3 fully saturated rings. The second-order valence-corrected chi connectivity index (χ2v) is 8.92. The number of carboxylic acid groups (broad SMARTS) is 1. The number of hydrogen-bond acceptors (Lipinski definition) is 4. The van der Waals surface area contributed by atoms with Gasteiger partial charge in [-0.05, 0) is 56.1 Å². The Morgan fingerprint density at radius 2 is 2.00 bits per heavy atom. The third kappa shape index (κ3) is 1.97. The van der Waals surface area contributed by atoms with Gasteiger partial charge in [-0.1, -0.05) is 25.5 Å². The second-order valence-electron chi connectivity index (χ2n) is 8.92. The van der Waals surface area contributed by atoms with Crippen molar-refractivity contribution in [1.29, 1.82) is 0 Å². The van der Waals surface area contributed by atoms with Crippen LogP contribution in [0.1, 0.15) is 46.0 Å². The topological polar surface area (TPSA) is 94.8 Å². The smallest absolute Gasteiger partial charge is 0.336 e. The summed E-state index contributed by atoms with van der Waals surface area (Å²) in [4.78, 5) is 23.6. The summed E-state index contributed by atoms with van der Waals surface area (Å²) in [5, 5.41) is 31.6. The van der Waals surface area contributed by atoms with E-state index in [4.69, 9.17) is 0 Å². The van der Waals surface area contributed by atoms with Crippen molar-refractivity contribution in [2.45, 2.75) is 57.7 Å². The zero-order valence-electron chi connectivity index (χ0n) is 14.7. The van der Waals surface area contributed by atoms with Crippen molar-refractivity contribution < 1.29 is 24.9 Å². The average molecular weight is 346 g/mol. The number of fused-ring (bicyclic) bond motifs is 5. The maximum absolute atomic E-state index is 11.8. The number of aliphatic hydroxyl groups is 2. The molecule has 0 saturated heterocycles. The molecular formula is C20H26O5. The Balaban J connectivity index is 1.76. The number of carboxylic acids is 1. The van der Waals surface area contributed by atoms with Crippen LogP contribution in [0.2, 0.25) is 0 Å². The number of ketones is 1. The van der Waals surface area contributed by atoms with Gasteiger partial charge in [0.25, 0.3) is 0 Å². The lowest BCUT2D eigenvalue weighted by atomic mass is 9.46. The maximum Gasteiger partial charge on any atom is 0.336 e. The average Bonchev–Trinajstić information content (AvgIpc) is 2.80. The molecule has 3 saturated carbocycles. The van der Waals surface area contributed by atoms with E-state index in [9.17, 15) is 24.9 Å². The van der Waals surface area contributed by atoms with Gasteiger partial charge in [0.1, 0.15) is 0 Å². The first-order valence-electron chi connectivity index (χ1n) is 9.21. The zero-order valence-corrected chi connectivity index (χ0v) is 14.7. The van der Waals surface area contributed by atoms with Gasteiger partial charge in [0, 0.05) is 16.7 Å². The number of allylic oxidation sites excluding steroid dienone is 4. The van der Waals surface area contributed by atoms with Gasteiger partial charge in [-0.2, -0.15) is 0 Å². The Kier molecular flexibility index (Phi) is 3.42. The summed E-state index contributed by atoms with van der Waals surface area (Å²) >= 11 is 0. The molecule has 3 N–H and O–H groups in total. The van der Waals surface area contributed by atoms with Crippen LogP contribution in [0.15, 0.2) is 23.8 Å². The third-order valence-corrected chi connectivity index (χ3v) is 8.00. The molecule has 7 atom stereocenters. The van der Waals surface area contributed by atoms with Crippen LogP contribution in [-0.4, -0.2) is 38.8 Å². The molecule has 0 aromatic heterocycles. The highest BCUT2D eigenvalue weighted by molar-refractivity contribution is 6.01. The maximum atomic E-state index is 11.8. The van der Waals surface area contributed by atoms with Crippen LogP contribution in [0.5, 0.6) is 0 Å². The molecule has 4 aliphatic carbocycles. The minimum absolute atomic E-state index is 0.00202. The van der Waals surface area contributed by atoms with Gasteiger partial charge in [0.15, 0.2) is 11.4 Å². The van der Waals surface area contributed by atoms with E-state index in [1.54, 1.807) is 12.2 Å². The summed E-state index contributed by atoms with van der Waals surface area (Å²) < 4.78 is 0. The molecule has 0 bridgehead atoms. The van der Waals surface area contributed by atoms with Crippen LogP contribution in [0.25, 0.3) is 0 Å². The van der Waals surface area contributed by atoms with E-state index in [2.05, 4.69) is 6.92 Å². The molecule has 0 amide bonds. The Bertz CT molecular complexity index is 709. The standard InChI is InChI=1S/C20H26O5/c1-18-7-5-12(21)9-11(18)3-4-13-14-6-8-20(25,17(23)24)19(14,2)10-15(22)16(13)18/h5,7,9,13-16,22,25H,3-4,6,8,10H2,1-2H3,(H,23,24)/t13-,14+,15-,16+,18-,19-,20-/m0/s1. The van der Waals surface area contributed by atoms with Crippen molar-refractivity contribution in [3.63, 3.8) is 0 Å². The lowest BCUT2D eigenvalue weighted by Crippen LogP contribution is -2.61. The Morgan fingerprint density at radius 3 is 2.68 bits per heavy atom. The fourth-order valence-electron chi connectivity index (χ4n) is 6.68. The van der Waals surface area contributed by atoms with Crippen LogP contribution in [0.4, 0.5) is 0 Å². The third-order valence-electron chi connectivity index (χ3n) is 8.00. The van der Waals surface area contributed by atoms with Crippen LogP contribution in [-0.2, 0) is 9.59 Å². The Morgan fingerprint density at radius 1 is 1.28 bits per heavy atom. The predicted octanol–water partition coefficient (Wildman–Crippen LogP) is 2.08.